The number of carboxylic acids is 1. The first-order chi connectivity index (χ1) is 6.70. The SMILES string of the molecule is CN(C)S(=O)(=O)N1CCC(N)(C(=O)O)C1. The van der Waals surface area contributed by atoms with Crippen molar-refractivity contribution in [3.8, 4) is 0 Å². The molecule has 0 aromatic heterocycles. The van der Waals surface area contributed by atoms with E-state index >= 15 is 0 Å². The molecule has 1 atom stereocenters. The van der Waals surface area contributed by atoms with Gasteiger partial charge in [0.15, 0.2) is 0 Å². The molecule has 1 heterocycles. The van der Waals surface area contributed by atoms with Crippen LogP contribution in [0, 0.1) is 0 Å². The van der Waals surface area contributed by atoms with E-state index in [-0.39, 0.29) is 19.5 Å². The lowest BCUT2D eigenvalue weighted by Crippen LogP contribution is -2.51. The summed E-state index contributed by atoms with van der Waals surface area (Å²) in [6.45, 7) is -0.0356. The van der Waals surface area contributed by atoms with Gasteiger partial charge in [0.05, 0.1) is 0 Å². The molecule has 0 aromatic carbocycles. The summed E-state index contributed by atoms with van der Waals surface area (Å²) in [5.41, 5.74) is 4.11. The van der Waals surface area contributed by atoms with Crippen LogP contribution < -0.4 is 5.73 Å². The van der Waals surface area contributed by atoms with Crippen molar-refractivity contribution in [2.45, 2.75) is 12.0 Å². The molecule has 88 valence electrons. The summed E-state index contributed by atoms with van der Waals surface area (Å²) in [5, 5.41) is 8.83. The molecule has 0 aromatic rings. The topological polar surface area (TPSA) is 104 Å². The van der Waals surface area contributed by atoms with Crippen LogP contribution in [0.4, 0.5) is 0 Å². The van der Waals surface area contributed by atoms with Gasteiger partial charge in [0.25, 0.3) is 10.2 Å². The van der Waals surface area contributed by atoms with E-state index in [9.17, 15) is 13.2 Å². The molecule has 1 saturated heterocycles. The Balaban J connectivity index is 2.86. The van der Waals surface area contributed by atoms with Gasteiger partial charge in [-0.1, -0.05) is 0 Å². The molecule has 0 aliphatic carbocycles. The highest BCUT2D eigenvalue weighted by atomic mass is 32.2. The molecule has 0 saturated carbocycles. The minimum atomic E-state index is -3.56. The Bertz CT molecular complexity index is 366. The molecule has 1 aliphatic rings. The van der Waals surface area contributed by atoms with Crippen LogP contribution in [0.2, 0.25) is 0 Å². The predicted molar refractivity (Wildman–Crippen MR) is 53.4 cm³/mol. The number of hydrogen-bond donors (Lipinski definition) is 2. The van der Waals surface area contributed by atoms with Gasteiger partial charge < -0.3 is 10.8 Å². The zero-order valence-corrected chi connectivity index (χ0v) is 9.49. The third kappa shape index (κ3) is 2.12. The Hall–Kier alpha value is -0.700. The number of rotatable bonds is 3. The lowest BCUT2D eigenvalue weighted by Gasteiger charge is -2.22. The summed E-state index contributed by atoms with van der Waals surface area (Å²) >= 11 is 0. The minimum Gasteiger partial charge on any atom is -0.480 e. The highest BCUT2D eigenvalue weighted by molar-refractivity contribution is 7.86. The van der Waals surface area contributed by atoms with Crippen molar-refractivity contribution in [1.82, 2.24) is 8.61 Å². The molecule has 0 radical (unpaired) electrons. The van der Waals surface area contributed by atoms with Crippen molar-refractivity contribution in [1.29, 1.82) is 0 Å². The number of carbonyl (C=O) groups is 1. The molecule has 15 heavy (non-hydrogen) atoms. The second kappa shape index (κ2) is 3.71. The van der Waals surface area contributed by atoms with Crippen LogP contribution in [0.25, 0.3) is 0 Å². The standard InChI is InChI=1S/C7H15N3O4S/c1-9(2)15(13,14)10-4-3-7(8,5-10)6(11)12/h3-5,8H2,1-2H3,(H,11,12). The van der Waals surface area contributed by atoms with Gasteiger partial charge in [-0.25, -0.2) is 0 Å². The Morgan fingerprint density at radius 3 is 2.40 bits per heavy atom. The summed E-state index contributed by atoms with van der Waals surface area (Å²) < 4.78 is 25.4. The number of hydrogen-bond acceptors (Lipinski definition) is 4. The van der Waals surface area contributed by atoms with Crippen molar-refractivity contribution >= 4 is 16.2 Å². The molecular formula is C7H15N3O4S. The monoisotopic (exact) mass is 237 g/mol. The molecule has 0 bridgehead atoms. The first-order valence-corrected chi connectivity index (χ1v) is 5.80. The van der Waals surface area contributed by atoms with E-state index in [1.165, 1.54) is 14.1 Å². The number of carboxylic acid groups (broad SMARTS) is 1. The average Bonchev–Trinajstić information content (AvgIpc) is 2.49. The van der Waals surface area contributed by atoms with Crippen LogP contribution in [0.1, 0.15) is 6.42 Å². The molecule has 0 spiro atoms. The van der Waals surface area contributed by atoms with Crippen LogP contribution in [-0.4, -0.2) is 60.8 Å². The lowest BCUT2D eigenvalue weighted by atomic mass is 10.0. The predicted octanol–water partition coefficient (Wildman–Crippen LogP) is -1.72. The van der Waals surface area contributed by atoms with Gasteiger partial charge >= 0.3 is 5.97 Å². The van der Waals surface area contributed by atoms with Gasteiger partial charge in [0, 0.05) is 27.2 Å². The first kappa shape index (κ1) is 12.4. The van der Waals surface area contributed by atoms with Gasteiger partial charge in [-0.3, -0.25) is 4.79 Å². The average molecular weight is 237 g/mol. The van der Waals surface area contributed by atoms with E-state index in [1.807, 2.05) is 0 Å². The maximum absolute atomic E-state index is 11.6. The Kier molecular flexibility index (Phi) is 3.06. The molecule has 0 amide bonds. The fourth-order valence-corrected chi connectivity index (χ4v) is 2.58. The van der Waals surface area contributed by atoms with Crippen LogP contribution in [0.5, 0.6) is 0 Å². The zero-order chi connectivity index (χ0) is 11.9. The van der Waals surface area contributed by atoms with E-state index < -0.39 is 21.7 Å². The maximum Gasteiger partial charge on any atom is 0.325 e. The maximum atomic E-state index is 11.6. The third-order valence-corrected chi connectivity index (χ3v) is 4.37. The van der Waals surface area contributed by atoms with Crippen molar-refractivity contribution in [3.63, 3.8) is 0 Å². The molecule has 1 unspecified atom stereocenters. The van der Waals surface area contributed by atoms with Gasteiger partial charge in [-0.05, 0) is 6.42 Å². The summed E-state index contributed by atoms with van der Waals surface area (Å²) in [6, 6.07) is 0. The fraction of sp³-hybridized carbons (Fsp3) is 0.857. The van der Waals surface area contributed by atoms with E-state index in [0.29, 0.717) is 0 Å². The zero-order valence-electron chi connectivity index (χ0n) is 8.67. The summed E-state index contributed by atoms with van der Waals surface area (Å²) in [6.07, 6.45) is 0.134. The van der Waals surface area contributed by atoms with Crippen LogP contribution in [0.3, 0.4) is 0 Å². The van der Waals surface area contributed by atoms with Crippen molar-refractivity contribution in [2.75, 3.05) is 27.2 Å². The highest BCUT2D eigenvalue weighted by Crippen LogP contribution is 2.22. The van der Waals surface area contributed by atoms with Crippen LogP contribution in [0.15, 0.2) is 0 Å². The first-order valence-electron chi connectivity index (χ1n) is 4.40. The van der Waals surface area contributed by atoms with E-state index in [0.717, 1.165) is 8.61 Å². The number of nitrogens with two attached hydrogens (primary N) is 1. The molecular weight excluding hydrogens is 222 g/mol. The van der Waals surface area contributed by atoms with Crippen LogP contribution >= 0.6 is 0 Å². The molecule has 1 aliphatic heterocycles. The summed E-state index contributed by atoms with van der Waals surface area (Å²) in [4.78, 5) is 10.8. The number of nitrogens with zero attached hydrogens (tertiary/aromatic N) is 2. The molecule has 1 rings (SSSR count). The molecule has 8 heteroatoms. The summed E-state index contributed by atoms with van der Waals surface area (Å²) in [7, 11) is -0.767. The Labute approximate surface area is 88.6 Å². The number of aliphatic carboxylic acids is 1. The third-order valence-electron chi connectivity index (χ3n) is 2.48. The second-order valence-electron chi connectivity index (χ2n) is 3.84. The Morgan fingerprint density at radius 2 is 2.07 bits per heavy atom. The highest BCUT2D eigenvalue weighted by Gasteiger charge is 2.45. The normalized spacial score (nSPS) is 28.5. The quantitative estimate of drug-likeness (QED) is 0.607. The minimum absolute atomic E-state index is 0.134. The van der Waals surface area contributed by atoms with Crippen molar-refractivity contribution in [2.24, 2.45) is 5.73 Å². The van der Waals surface area contributed by atoms with E-state index in [1.54, 1.807) is 0 Å². The van der Waals surface area contributed by atoms with Gasteiger partial charge in [-0.2, -0.15) is 17.0 Å². The van der Waals surface area contributed by atoms with Gasteiger partial charge in [0.1, 0.15) is 5.54 Å². The van der Waals surface area contributed by atoms with E-state index in [2.05, 4.69) is 0 Å². The van der Waals surface area contributed by atoms with Crippen LogP contribution in [-0.2, 0) is 15.0 Å². The Morgan fingerprint density at radius 1 is 1.53 bits per heavy atom. The van der Waals surface area contributed by atoms with Crippen molar-refractivity contribution in [3.05, 3.63) is 0 Å². The van der Waals surface area contributed by atoms with Gasteiger partial charge in [0.2, 0.25) is 0 Å². The fourth-order valence-electron chi connectivity index (χ4n) is 1.40. The summed E-state index contributed by atoms with van der Waals surface area (Å²) in [5.74, 6) is -1.17. The largest absolute Gasteiger partial charge is 0.480 e. The smallest absolute Gasteiger partial charge is 0.325 e. The molecule has 7 nitrogen and oxygen atoms in total. The van der Waals surface area contributed by atoms with Gasteiger partial charge in [-0.15, -0.1) is 0 Å². The lowest BCUT2D eigenvalue weighted by molar-refractivity contribution is -0.142. The molecule has 3 N–H and O–H groups in total. The second-order valence-corrected chi connectivity index (χ2v) is 5.98. The molecule has 1 fully saturated rings. The van der Waals surface area contributed by atoms with Crippen molar-refractivity contribution < 1.29 is 18.3 Å². The van der Waals surface area contributed by atoms with E-state index in [4.69, 9.17) is 10.8 Å².